The number of carbonyl (C=O) groups is 1. The molecule has 0 fully saturated rings. The summed E-state index contributed by atoms with van der Waals surface area (Å²) in [4.78, 5) is 14.8. The molecule has 0 saturated carbocycles. The Morgan fingerprint density at radius 1 is 1.06 bits per heavy atom. The number of sulfonamides is 1. The zero-order valence-corrected chi connectivity index (χ0v) is 18.7. The zero-order chi connectivity index (χ0) is 25.3. The van der Waals surface area contributed by atoms with Crippen molar-refractivity contribution in [2.24, 2.45) is 0 Å². The second-order valence-electron chi connectivity index (χ2n) is 6.83. The molecule has 1 heterocycles. The van der Waals surface area contributed by atoms with E-state index in [1.165, 1.54) is 0 Å². The molecule has 180 valence electrons. The maximum Gasteiger partial charge on any atom is 0.417 e. The first-order valence-corrected chi connectivity index (χ1v) is 11.0. The number of rotatable bonds is 6. The molecule has 0 aliphatic heterocycles. The highest BCUT2D eigenvalue weighted by Crippen LogP contribution is 2.36. The molecule has 2 aromatic carbocycles. The Labute approximate surface area is 195 Å². The number of aromatic nitrogens is 1. The monoisotopic (exact) mass is 520 g/mol. The number of pyridine rings is 1. The van der Waals surface area contributed by atoms with Gasteiger partial charge in [-0.2, -0.15) is 13.2 Å². The van der Waals surface area contributed by atoms with Gasteiger partial charge in [0.05, 0.1) is 34.7 Å². The third kappa shape index (κ3) is 5.45. The minimum absolute atomic E-state index is 0.0332. The van der Waals surface area contributed by atoms with Gasteiger partial charge in [0.15, 0.2) is 5.82 Å². The van der Waals surface area contributed by atoms with Gasteiger partial charge in [-0.1, -0.05) is 11.6 Å². The first kappa shape index (κ1) is 25.4. The average Bonchev–Trinajstić information content (AvgIpc) is 2.76. The molecule has 0 radical (unpaired) electrons. The van der Waals surface area contributed by atoms with Crippen molar-refractivity contribution in [1.82, 2.24) is 4.98 Å². The number of nitrogens with zero attached hydrogens (tertiary/aromatic N) is 2. The number of alkyl halides is 3. The number of ether oxygens (including phenoxy) is 1. The Bertz CT molecular complexity index is 1310. The molecule has 3 aromatic rings. The number of hydrogen-bond acceptors (Lipinski definition) is 5. The van der Waals surface area contributed by atoms with Gasteiger partial charge < -0.3 is 4.74 Å². The van der Waals surface area contributed by atoms with Crippen molar-refractivity contribution in [1.29, 1.82) is 0 Å². The molecule has 0 amide bonds. The topological polar surface area (TPSA) is 76.6 Å². The second kappa shape index (κ2) is 9.55. The predicted molar refractivity (Wildman–Crippen MR) is 112 cm³/mol. The zero-order valence-electron chi connectivity index (χ0n) is 17.1. The molecule has 13 heteroatoms. The van der Waals surface area contributed by atoms with Gasteiger partial charge in [0.1, 0.15) is 11.6 Å². The third-order valence-corrected chi connectivity index (χ3v) is 6.53. The van der Waals surface area contributed by atoms with Crippen molar-refractivity contribution >= 4 is 33.4 Å². The van der Waals surface area contributed by atoms with E-state index in [2.05, 4.69) is 9.72 Å². The van der Waals surface area contributed by atoms with Crippen molar-refractivity contribution in [2.75, 3.05) is 11.4 Å². The summed E-state index contributed by atoms with van der Waals surface area (Å²) in [5.41, 5.74) is -1.35. The molecule has 0 unspecified atom stereocenters. The highest BCUT2D eigenvalue weighted by molar-refractivity contribution is 7.92. The first-order valence-electron chi connectivity index (χ1n) is 9.22. The molecular weight excluding hydrogens is 507 g/mol. The fourth-order valence-electron chi connectivity index (χ4n) is 2.92. The van der Waals surface area contributed by atoms with E-state index < -0.39 is 61.6 Å². The number of hydrogen-bond donors (Lipinski definition) is 0. The van der Waals surface area contributed by atoms with Crippen LogP contribution in [0.15, 0.2) is 59.6 Å². The van der Waals surface area contributed by atoms with Crippen LogP contribution in [0.5, 0.6) is 0 Å². The van der Waals surface area contributed by atoms with Crippen molar-refractivity contribution in [3.05, 3.63) is 88.1 Å². The van der Waals surface area contributed by atoms with Gasteiger partial charge in [0, 0.05) is 12.3 Å². The third-order valence-electron chi connectivity index (χ3n) is 4.50. The van der Waals surface area contributed by atoms with E-state index >= 15 is 0 Å². The van der Waals surface area contributed by atoms with Gasteiger partial charge in [-0.05, 0) is 48.0 Å². The van der Waals surface area contributed by atoms with Crippen LogP contribution in [0.1, 0.15) is 21.5 Å². The van der Waals surface area contributed by atoms with E-state index in [9.17, 15) is 35.2 Å². The van der Waals surface area contributed by atoms with Crippen molar-refractivity contribution < 1.29 is 39.9 Å². The number of anilines is 1. The van der Waals surface area contributed by atoms with E-state index in [4.69, 9.17) is 11.6 Å². The highest BCUT2D eigenvalue weighted by Gasteiger charge is 2.34. The minimum Gasteiger partial charge on any atom is -0.465 e. The Morgan fingerprint density at radius 3 is 2.15 bits per heavy atom. The maximum absolute atomic E-state index is 13.7. The van der Waals surface area contributed by atoms with Crippen LogP contribution in [0.4, 0.5) is 27.8 Å². The second-order valence-corrected chi connectivity index (χ2v) is 9.10. The molecule has 34 heavy (non-hydrogen) atoms. The van der Waals surface area contributed by atoms with Gasteiger partial charge in [-0.15, -0.1) is 0 Å². The molecule has 0 saturated heterocycles. The molecule has 0 aliphatic carbocycles. The molecule has 3 rings (SSSR count). The SMILES string of the molecule is COC(=O)c1ccc(S(=O)(=O)N(Cc2cc(F)cc(F)c2)c2ncc(C(F)(F)F)cc2Cl)cc1. The Morgan fingerprint density at radius 2 is 1.65 bits per heavy atom. The van der Waals surface area contributed by atoms with Gasteiger partial charge in [-0.25, -0.2) is 31.3 Å². The average molecular weight is 521 g/mol. The normalized spacial score (nSPS) is 11.9. The standard InChI is InChI=1S/C21H14ClF5N2O4S/c1-33-20(30)13-2-4-17(5-3-13)34(31,32)29(11-12-6-15(23)9-16(24)7-12)19-18(22)8-14(10-28-19)21(25,26)27/h2-10H,11H2,1H3. The number of halogens is 6. The molecule has 0 spiro atoms. The Balaban J connectivity index is 2.14. The lowest BCUT2D eigenvalue weighted by Crippen LogP contribution is -2.32. The van der Waals surface area contributed by atoms with Gasteiger partial charge in [0.2, 0.25) is 0 Å². The molecule has 0 bridgehead atoms. The number of carbonyl (C=O) groups excluding carboxylic acids is 1. The number of methoxy groups -OCH3 is 1. The summed E-state index contributed by atoms with van der Waals surface area (Å²) in [5.74, 6) is -3.33. The highest BCUT2D eigenvalue weighted by atomic mass is 35.5. The summed E-state index contributed by atoms with van der Waals surface area (Å²) in [6, 6.07) is 7.17. The molecule has 0 N–H and O–H groups in total. The molecular formula is C21H14ClF5N2O4S. The summed E-state index contributed by atoms with van der Waals surface area (Å²) in [7, 11) is -3.46. The van der Waals surface area contributed by atoms with Gasteiger partial charge in [-0.3, -0.25) is 0 Å². The predicted octanol–water partition coefficient (Wildman–Crippen LogP) is 5.21. The number of esters is 1. The molecule has 6 nitrogen and oxygen atoms in total. The summed E-state index contributed by atoms with van der Waals surface area (Å²) in [6.45, 7) is -0.714. The first-order chi connectivity index (χ1) is 15.8. The van der Waals surface area contributed by atoms with Crippen LogP contribution in [0.25, 0.3) is 0 Å². The van der Waals surface area contributed by atoms with Gasteiger partial charge >= 0.3 is 12.1 Å². The number of benzene rings is 2. The lowest BCUT2D eigenvalue weighted by Gasteiger charge is -2.25. The smallest absolute Gasteiger partial charge is 0.417 e. The van der Waals surface area contributed by atoms with Gasteiger partial charge in [0.25, 0.3) is 10.0 Å². The lowest BCUT2D eigenvalue weighted by atomic mass is 10.2. The fraction of sp³-hybridized carbons (Fsp3) is 0.143. The lowest BCUT2D eigenvalue weighted by molar-refractivity contribution is -0.137. The summed E-state index contributed by atoms with van der Waals surface area (Å²) >= 11 is 5.96. The Kier molecular flexibility index (Phi) is 7.13. The summed E-state index contributed by atoms with van der Waals surface area (Å²) in [5, 5.41) is -0.665. The summed E-state index contributed by atoms with van der Waals surface area (Å²) < 4.78 is 98.3. The fourth-order valence-corrected chi connectivity index (χ4v) is 4.66. The Hall–Kier alpha value is -3.25. The van der Waals surface area contributed by atoms with Crippen LogP contribution < -0.4 is 4.31 Å². The van der Waals surface area contributed by atoms with E-state index in [1.807, 2.05) is 0 Å². The van der Waals surface area contributed by atoms with Crippen molar-refractivity contribution in [3.8, 4) is 0 Å². The van der Waals surface area contributed by atoms with E-state index in [1.54, 1.807) is 0 Å². The van der Waals surface area contributed by atoms with Crippen LogP contribution in [0.2, 0.25) is 5.02 Å². The maximum atomic E-state index is 13.7. The van der Waals surface area contributed by atoms with E-state index in [0.29, 0.717) is 22.6 Å². The van der Waals surface area contributed by atoms with Crippen LogP contribution >= 0.6 is 11.6 Å². The molecule has 1 aromatic heterocycles. The van der Waals surface area contributed by atoms with Crippen LogP contribution in [-0.2, 0) is 27.5 Å². The van der Waals surface area contributed by atoms with Crippen LogP contribution in [-0.4, -0.2) is 26.5 Å². The summed E-state index contributed by atoms with van der Waals surface area (Å²) in [6.07, 6.45) is -4.41. The van der Waals surface area contributed by atoms with Crippen LogP contribution in [0.3, 0.4) is 0 Å². The van der Waals surface area contributed by atoms with Crippen molar-refractivity contribution in [3.63, 3.8) is 0 Å². The van der Waals surface area contributed by atoms with Crippen molar-refractivity contribution in [2.45, 2.75) is 17.6 Å². The van der Waals surface area contributed by atoms with E-state index in [0.717, 1.165) is 43.5 Å². The van der Waals surface area contributed by atoms with Crippen LogP contribution in [0, 0.1) is 11.6 Å². The quantitative estimate of drug-likeness (QED) is 0.329. The molecule has 0 atom stereocenters. The van der Waals surface area contributed by atoms with E-state index in [-0.39, 0.29) is 11.1 Å². The largest absolute Gasteiger partial charge is 0.465 e. The molecule has 0 aliphatic rings. The minimum atomic E-state index is -4.80.